The molecule has 10 nitrogen and oxygen atoms in total. The van der Waals surface area contributed by atoms with E-state index in [1.165, 1.54) is 31.5 Å². The fourth-order valence-corrected chi connectivity index (χ4v) is 3.40. The summed E-state index contributed by atoms with van der Waals surface area (Å²) in [5.74, 6) is -0.229. The molecule has 0 bridgehead atoms. The minimum Gasteiger partial charge on any atom is -0.459 e. The normalized spacial score (nSPS) is 11.1. The van der Waals surface area contributed by atoms with Crippen LogP contribution in [-0.4, -0.2) is 26.3 Å². The summed E-state index contributed by atoms with van der Waals surface area (Å²) in [5, 5.41) is 17.0. The van der Waals surface area contributed by atoms with Crippen LogP contribution < -0.4 is 15.4 Å². The summed E-state index contributed by atoms with van der Waals surface area (Å²) in [6.07, 6.45) is 1.40. The largest absolute Gasteiger partial charge is 0.459 e. The SMILES string of the molecule is CNS(=O)(=O)c1ccc(NCc2cccc(NC(=O)c3ccco3)c2)c([N+](=O)[O-])c1. The molecule has 3 aromatic rings. The zero-order valence-corrected chi connectivity index (χ0v) is 16.6. The highest BCUT2D eigenvalue weighted by atomic mass is 32.2. The van der Waals surface area contributed by atoms with Crippen LogP contribution in [0.2, 0.25) is 0 Å². The summed E-state index contributed by atoms with van der Waals surface area (Å²) < 4.78 is 30.9. The first-order chi connectivity index (χ1) is 14.3. The summed E-state index contributed by atoms with van der Waals surface area (Å²) in [7, 11) is -2.58. The van der Waals surface area contributed by atoms with E-state index in [0.717, 1.165) is 11.6 Å². The lowest BCUT2D eigenvalue weighted by Crippen LogP contribution is -2.18. The first kappa shape index (κ1) is 21.0. The van der Waals surface area contributed by atoms with Gasteiger partial charge in [0.05, 0.1) is 16.1 Å². The van der Waals surface area contributed by atoms with Crippen LogP contribution in [0, 0.1) is 10.1 Å². The number of hydrogen-bond donors (Lipinski definition) is 3. The Labute approximate surface area is 172 Å². The minimum absolute atomic E-state index is 0.167. The number of rotatable bonds is 8. The van der Waals surface area contributed by atoms with Gasteiger partial charge in [0, 0.05) is 18.3 Å². The molecule has 0 saturated heterocycles. The second kappa shape index (κ2) is 8.76. The molecule has 11 heteroatoms. The van der Waals surface area contributed by atoms with E-state index in [-0.39, 0.29) is 28.6 Å². The summed E-state index contributed by atoms with van der Waals surface area (Å²) in [4.78, 5) is 22.6. The molecule has 0 saturated carbocycles. The number of nitrogens with one attached hydrogen (secondary N) is 3. The van der Waals surface area contributed by atoms with Crippen molar-refractivity contribution in [2.75, 3.05) is 17.7 Å². The highest BCUT2D eigenvalue weighted by molar-refractivity contribution is 7.89. The fraction of sp³-hybridized carbons (Fsp3) is 0.105. The lowest BCUT2D eigenvalue weighted by Gasteiger charge is -2.10. The van der Waals surface area contributed by atoms with Gasteiger partial charge < -0.3 is 15.1 Å². The molecule has 0 aliphatic rings. The van der Waals surface area contributed by atoms with E-state index < -0.39 is 20.9 Å². The number of benzene rings is 2. The number of nitrogens with zero attached hydrogens (tertiary/aromatic N) is 1. The average Bonchev–Trinajstić information content (AvgIpc) is 3.27. The van der Waals surface area contributed by atoms with E-state index in [2.05, 4.69) is 15.4 Å². The number of nitro groups is 1. The van der Waals surface area contributed by atoms with Gasteiger partial charge in [-0.2, -0.15) is 0 Å². The molecule has 0 atom stereocenters. The molecule has 0 aliphatic heterocycles. The number of hydrogen-bond acceptors (Lipinski definition) is 7. The Hall–Kier alpha value is -3.70. The van der Waals surface area contributed by atoms with Gasteiger partial charge in [0.2, 0.25) is 10.0 Å². The molecule has 0 spiro atoms. The number of amides is 1. The molecule has 156 valence electrons. The second-order valence-corrected chi connectivity index (χ2v) is 8.02. The molecular weight excluding hydrogens is 412 g/mol. The molecule has 0 aliphatic carbocycles. The van der Waals surface area contributed by atoms with Crippen molar-refractivity contribution in [1.82, 2.24) is 4.72 Å². The number of carbonyl (C=O) groups is 1. The van der Waals surface area contributed by atoms with Gasteiger partial charge in [-0.05, 0) is 49.0 Å². The van der Waals surface area contributed by atoms with E-state index in [9.17, 15) is 23.3 Å². The van der Waals surface area contributed by atoms with Crippen molar-refractivity contribution in [3.8, 4) is 0 Å². The van der Waals surface area contributed by atoms with E-state index >= 15 is 0 Å². The van der Waals surface area contributed by atoms with Gasteiger partial charge in [0.15, 0.2) is 5.76 Å². The van der Waals surface area contributed by atoms with Crippen LogP contribution in [0.1, 0.15) is 16.1 Å². The van der Waals surface area contributed by atoms with E-state index in [1.54, 1.807) is 30.3 Å². The van der Waals surface area contributed by atoms with Crippen molar-refractivity contribution >= 4 is 33.0 Å². The minimum atomic E-state index is -3.80. The van der Waals surface area contributed by atoms with Crippen molar-refractivity contribution in [2.24, 2.45) is 0 Å². The van der Waals surface area contributed by atoms with Crippen LogP contribution >= 0.6 is 0 Å². The Bertz CT molecular complexity index is 1180. The predicted molar refractivity (Wildman–Crippen MR) is 110 cm³/mol. The van der Waals surface area contributed by atoms with Crippen molar-refractivity contribution in [3.63, 3.8) is 0 Å². The smallest absolute Gasteiger partial charge is 0.293 e. The maximum Gasteiger partial charge on any atom is 0.293 e. The maximum atomic E-state index is 12.1. The van der Waals surface area contributed by atoms with Crippen LogP contribution in [0.4, 0.5) is 17.1 Å². The molecule has 2 aromatic carbocycles. The van der Waals surface area contributed by atoms with Crippen LogP contribution in [0.5, 0.6) is 0 Å². The zero-order chi connectivity index (χ0) is 21.7. The van der Waals surface area contributed by atoms with Gasteiger partial charge in [-0.15, -0.1) is 0 Å². The van der Waals surface area contributed by atoms with Gasteiger partial charge in [-0.3, -0.25) is 14.9 Å². The maximum absolute atomic E-state index is 12.1. The predicted octanol–water partition coefficient (Wildman–Crippen LogP) is 2.96. The van der Waals surface area contributed by atoms with E-state index in [4.69, 9.17) is 4.42 Å². The third-order valence-electron chi connectivity index (χ3n) is 4.16. The van der Waals surface area contributed by atoms with Crippen LogP contribution in [-0.2, 0) is 16.6 Å². The Morgan fingerprint density at radius 2 is 1.93 bits per heavy atom. The quantitative estimate of drug-likeness (QED) is 0.368. The molecule has 1 heterocycles. The fourth-order valence-electron chi connectivity index (χ4n) is 2.65. The van der Waals surface area contributed by atoms with E-state index in [0.29, 0.717) is 5.69 Å². The first-order valence-corrected chi connectivity index (χ1v) is 10.2. The molecule has 0 fully saturated rings. The third kappa shape index (κ3) is 4.82. The highest BCUT2D eigenvalue weighted by Crippen LogP contribution is 2.28. The van der Waals surface area contributed by atoms with Crippen LogP contribution in [0.15, 0.2) is 70.2 Å². The van der Waals surface area contributed by atoms with Gasteiger partial charge in [-0.25, -0.2) is 13.1 Å². The zero-order valence-electron chi connectivity index (χ0n) is 15.8. The number of carbonyl (C=O) groups excluding carboxylic acids is 1. The van der Waals surface area contributed by atoms with Gasteiger partial charge in [-0.1, -0.05) is 12.1 Å². The standard InChI is InChI=1S/C19H18N4O6S/c1-20-30(27,28)15-7-8-16(17(11-15)23(25)26)21-12-13-4-2-5-14(10-13)22-19(24)18-6-3-9-29-18/h2-11,20-21H,12H2,1H3,(H,22,24). The summed E-state index contributed by atoms with van der Waals surface area (Å²) in [6.45, 7) is 0.212. The molecule has 1 amide bonds. The van der Waals surface area contributed by atoms with Crippen molar-refractivity contribution in [3.05, 3.63) is 82.3 Å². The van der Waals surface area contributed by atoms with Crippen LogP contribution in [0.25, 0.3) is 0 Å². The Morgan fingerprint density at radius 1 is 1.13 bits per heavy atom. The van der Waals surface area contributed by atoms with E-state index in [1.807, 2.05) is 0 Å². The molecule has 0 radical (unpaired) electrons. The molecule has 0 unspecified atom stereocenters. The summed E-state index contributed by atoms with van der Waals surface area (Å²) >= 11 is 0. The Kier molecular flexibility index (Phi) is 6.14. The number of anilines is 2. The van der Waals surface area contributed by atoms with Gasteiger partial charge in [0.25, 0.3) is 11.6 Å². The Balaban J connectivity index is 1.75. The Morgan fingerprint density at radius 3 is 2.60 bits per heavy atom. The van der Waals surface area contributed by atoms with Crippen molar-refractivity contribution in [1.29, 1.82) is 0 Å². The van der Waals surface area contributed by atoms with Crippen molar-refractivity contribution in [2.45, 2.75) is 11.4 Å². The van der Waals surface area contributed by atoms with Crippen molar-refractivity contribution < 1.29 is 22.6 Å². The van der Waals surface area contributed by atoms with Crippen LogP contribution in [0.3, 0.4) is 0 Å². The lowest BCUT2D eigenvalue weighted by atomic mass is 10.2. The second-order valence-electron chi connectivity index (χ2n) is 6.13. The van der Waals surface area contributed by atoms with Gasteiger partial charge in [0.1, 0.15) is 5.69 Å². The topological polar surface area (TPSA) is 144 Å². The highest BCUT2D eigenvalue weighted by Gasteiger charge is 2.20. The molecule has 3 N–H and O–H groups in total. The average molecular weight is 430 g/mol. The monoisotopic (exact) mass is 430 g/mol. The van der Waals surface area contributed by atoms with Gasteiger partial charge >= 0.3 is 0 Å². The lowest BCUT2D eigenvalue weighted by molar-refractivity contribution is -0.384. The molecular formula is C19H18N4O6S. The summed E-state index contributed by atoms with van der Waals surface area (Å²) in [5.41, 5.74) is 1.07. The third-order valence-corrected chi connectivity index (χ3v) is 5.57. The molecule has 1 aromatic heterocycles. The number of sulfonamides is 1. The molecule has 30 heavy (non-hydrogen) atoms. The number of furan rings is 1. The number of nitro benzene ring substituents is 1. The summed E-state index contributed by atoms with van der Waals surface area (Å²) in [6, 6.07) is 13.7. The first-order valence-electron chi connectivity index (χ1n) is 8.70. The molecule has 3 rings (SSSR count).